The van der Waals surface area contributed by atoms with Crippen LogP contribution in [-0.2, 0) is 16.0 Å². The average Bonchev–Trinajstić information content (AvgIpc) is 2.93. The number of aryl methyl sites for hydroxylation is 1. The predicted molar refractivity (Wildman–Crippen MR) is 70.5 cm³/mol. The summed E-state index contributed by atoms with van der Waals surface area (Å²) in [5.74, 6) is 0.719. The smallest absolute Gasteiger partial charge is 0.242 e. The first-order valence-corrected chi connectivity index (χ1v) is 6.83. The van der Waals surface area contributed by atoms with Gasteiger partial charge >= 0.3 is 0 Å². The van der Waals surface area contributed by atoms with Crippen LogP contribution in [0.4, 0.5) is 0 Å². The number of rotatable bonds is 5. The standard InChI is InChI=1S/C12H20N6O2/c1-9-7-18(8-12(20)17(9)2)11(19)6-4-3-5-10-13-15-16-14-10/h9H,3-8H2,1-2H3,(H,13,14,15,16). The molecule has 2 amide bonds. The summed E-state index contributed by atoms with van der Waals surface area (Å²) in [6.07, 6.45) is 2.77. The Morgan fingerprint density at radius 1 is 1.45 bits per heavy atom. The third-order valence-electron chi connectivity index (χ3n) is 3.65. The minimum Gasteiger partial charge on any atom is -0.340 e. The first-order chi connectivity index (χ1) is 9.58. The van der Waals surface area contributed by atoms with Crippen LogP contribution in [0.1, 0.15) is 32.0 Å². The van der Waals surface area contributed by atoms with Gasteiger partial charge in [-0.15, -0.1) is 10.2 Å². The van der Waals surface area contributed by atoms with Gasteiger partial charge in [0.25, 0.3) is 0 Å². The van der Waals surface area contributed by atoms with E-state index in [1.807, 2.05) is 6.92 Å². The number of likely N-dealkylation sites (N-methyl/N-ethyl adjacent to an activating group) is 1. The fourth-order valence-corrected chi connectivity index (χ4v) is 2.22. The SMILES string of the molecule is CC1CN(C(=O)CCCCc2nn[nH]n2)CC(=O)N1C. The molecular weight excluding hydrogens is 260 g/mol. The summed E-state index contributed by atoms with van der Waals surface area (Å²) in [5.41, 5.74) is 0. The summed E-state index contributed by atoms with van der Waals surface area (Å²) in [6.45, 7) is 2.77. The van der Waals surface area contributed by atoms with E-state index >= 15 is 0 Å². The summed E-state index contributed by atoms with van der Waals surface area (Å²) in [6, 6.07) is 0.0829. The van der Waals surface area contributed by atoms with Crippen LogP contribution in [-0.4, -0.2) is 68.4 Å². The van der Waals surface area contributed by atoms with Gasteiger partial charge in [-0.05, 0) is 19.8 Å². The molecular formula is C12H20N6O2. The maximum Gasteiger partial charge on any atom is 0.242 e. The van der Waals surface area contributed by atoms with Gasteiger partial charge < -0.3 is 9.80 Å². The largest absolute Gasteiger partial charge is 0.340 e. The Hall–Kier alpha value is -1.99. The molecule has 20 heavy (non-hydrogen) atoms. The first-order valence-electron chi connectivity index (χ1n) is 6.83. The van der Waals surface area contributed by atoms with Crippen LogP contribution in [0.3, 0.4) is 0 Å². The van der Waals surface area contributed by atoms with Gasteiger partial charge in [-0.1, -0.05) is 5.21 Å². The molecule has 1 aliphatic heterocycles. The summed E-state index contributed by atoms with van der Waals surface area (Å²) < 4.78 is 0. The third-order valence-corrected chi connectivity index (χ3v) is 3.65. The fraction of sp³-hybridized carbons (Fsp3) is 0.750. The monoisotopic (exact) mass is 280 g/mol. The number of nitrogens with zero attached hydrogens (tertiary/aromatic N) is 5. The van der Waals surface area contributed by atoms with E-state index in [0.29, 0.717) is 25.2 Å². The Balaban J connectivity index is 1.70. The number of amides is 2. The van der Waals surface area contributed by atoms with Gasteiger partial charge in [0.2, 0.25) is 11.8 Å². The zero-order chi connectivity index (χ0) is 14.5. The molecule has 1 N–H and O–H groups in total. The second kappa shape index (κ2) is 6.44. The molecule has 0 bridgehead atoms. The summed E-state index contributed by atoms with van der Waals surface area (Å²) in [7, 11) is 1.78. The van der Waals surface area contributed by atoms with Crippen molar-refractivity contribution < 1.29 is 9.59 Å². The quantitative estimate of drug-likeness (QED) is 0.741. The van der Waals surface area contributed by atoms with Crippen LogP contribution in [0.25, 0.3) is 0 Å². The number of aromatic nitrogens is 4. The molecule has 0 aromatic carbocycles. The second-order valence-corrected chi connectivity index (χ2v) is 5.16. The van der Waals surface area contributed by atoms with E-state index in [1.54, 1.807) is 16.8 Å². The zero-order valence-corrected chi connectivity index (χ0v) is 11.9. The van der Waals surface area contributed by atoms with Crippen molar-refractivity contribution in [1.82, 2.24) is 30.4 Å². The first kappa shape index (κ1) is 14.4. The van der Waals surface area contributed by atoms with E-state index in [1.165, 1.54) is 0 Å². The molecule has 0 spiro atoms. The van der Waals surface area contributed by atoms with Crippen molar-refractivity contribution in [3.05, 3.63) is 5.82 Å². The Labute approximate surface area is 117 Å². The third kappa shape index (κ3) is 3.52. The van der Waals surface area contributed by atoms with Gasteiger partial charge in [-0.25, -0.2) is 0 Å². The van der Waals surface area contributed by atoms with Crippen molar-refractivity contribution in [2.45, 2.75) is 38.6 Å². The number of hydrogen-bond acceptors (Lipinski definition) is 5. The van der Waals surface area contributed by atoms with Crippen LogP contribution in [0.2, 0.25) is 0 Å². The molecule has 1 fully saturated rings. The van der Waals surface area contributed by atoms with Crippen molar-refractivity contribution in [2.24, 2.45) is 0 Å². The normalized spacial score (nSPS) is 19.5. The second-order valence-electron chi connectivity index (χ2n) is 5.16. The van der Waals surface area contributed by atoms with E-state index in [0.717, 1.165) is 12.8 Å². The number of aromatic amines is 1. The molecule has 1 atom stereocenters. The molecule has 1 saturated heterocycles. The molecule has 8 nitrogen and oxygen atoms in total. The molecule has 8 heteroatoms. The van der Waals surface area contributed by atoms with Crippen molar-refractivity contribution >= 4 is 11.8 Å². The van der Waals surface area contributed by atoms with Crippen molar-refractivity contribution in [3.8, 4) is 0 Å². The van der Waals surface area contributed by atoms with E-state index in [4.69, 9.17) is 0 Å². The van der Waals surface area contributed by atoms with Crippen LogP contribution in [0.5, 0.6) is 0 Å². The maximum atomic E-state index is 12.1. The lowest BCUT2D eigenvalue weighted by Crippen LogP contribution is -2.55. The van der Waals surface area contributed by atoms with E-state index in [9.17, 15) is 9.59 Å². The minimum atomic E-state index is 0.00361. The predicted octanol–water partition coefficient (Wildman–Crippen LogP) is -0.398. The molecule has 0 radical (unpaired) electrons. The van der Waals surface area contributed by atoms with Gasteiger partial charge in [0.15, 0.2) is 5.82 Å². The molecule has 1 aliphatic rings. The van der Waals surface area contributed by atoms with E-state index in [2.05, 4.69) is 20.6 Å². The van der Waals surface area contributed by atoms with Crippen LogP contribution in [0.15, 0.2) is 0 Å². The van der Waals surface area contributed by atoms with Crippen molar-refractivity contribution in [3.63, 3.8) is 0 Å². The Morgan fingerprint density at radius 3 is 2.90 bits per heavy atom. The molecule has 110 valence electrons. The van der Waals surface area contributed by atoms with Gasteiger partial charge in [-0.3, -0.25) is 9.59 Å². The number of carbonyl (C=O) groups excluding carboxylic acids is 2. The van der Waals surface area contributed by atoms with Crippen LogP contribution >= 0.6 is 0 Å². The highest BCUT2D eigenvalue weighted by Crippen LogP contribution is 2.11. The van der Waals surface area contributed by atoms with Gasteiger partial charge in [0.1, 0.15) is 0 Å². The number of tetrazole rings is 1. The summed E-state index contributed by atoms with van der Waals surface area (Å²) >= 11 is 0. The van der Waals surface area contributed by atoms with E-state index < -0.39 is 0 Å². The fourth-order valence-electron chi connectivity index (χ4n) is 2.22. The lowest BCUT2D eigenvalue weighted by atomic mass is 10.1. The highest BCUT2D eigenvalue weighted by atomic mass is 16.2. The highest BCUT2D eigenvalue weighted by molar-refractivity contribution is 5.86. The maximum absolute atomic E-state index is 12.1. The number of piperazine rings is 1. The number of carbonyl (C=O) groups is 2. The number of hydrogen-bond donors (Lipinski definition) is 1. The molecule has 1 aromatic heterocycles. The highest BCUT2D eigenvalue weighted by Gasteiger charge is 2.29. The molecule has 2 rings (SSSR count). The molecule has 0 aliphatic carbocycles. The molecule has 1 aromatic rings. The lowest BCUT2D eigenvalue weighted by Gasteiger charge is -2.37. The summed E-state index contributed by atoms with van der Waals surface area (Å²) in [5, 5.41) is 13.6. The van der Waals surface area contributed by atoms with Crippen molar-refractivity contribution in [1.29, 1.82) is 0 Å². The lowest BCUT2D eigenvalue weighted by molar-refractivity contribution is -0.146. The average molecular weight is 280 g/mol. The topological polar surface area (TPSA) is 95.1 Å². The minimum absolute atomic E-state index is 0.00361. The Morgan fingerprint density at radius 2 is 2.25 bits per heavy atom. The Bertz CT molecular complexity index is 461. The number of unbranched alkanes of at least 4 members (excludes halogenated alkanes) is 1. The van der Waals surface area contributed by atoms with Gasteiger partial charge in [0, 0.05) is 32.5 Å². The van der Waals surface area contributed by atoms with E-state index in [-0.39, 0.29) is 24.4 Å². The number of H-pyrrole nitrogens is 1. The van der Waals surface area contributed by atoms with Gasteiger partial charge in [0.05, 0.1) is 6.54 Å². The van der Waals surface area contributed by atoms with Gasteiger partial charge in [-0.2, -0.15) is 5.21 Å². The molecule has 0 saturated carbocycles. The zero-order valence-electron chi connectivity index (χ0n) is 11.9. The van der Waals surface area contributed by atoms with Crippen LogP contribution < -0.4 is 0 Å². The molecule has 1 unspecified atom stereocenters. The number of nitrogens with one attached hydrogen (secondary N) is 1. The van der Waals surface area contributed by atoms with Crippen LogP contribution in [0, 0.1) is 0 Å². The molecule has 2 heterocycles. The Kier molecular flexibility index (Phi) is 4.65. The van der Waals surface area contributed by atoms with Crippen molar-refractivity contribution in [2.75, 3.05) is 20.1 Å². The summed E-state index contributed by atoms with van der Waals surface area (Å²) in [4.78, 5) is 27.1.